The maximum absolute atomic E-state index is 10.6. The Morgan fingerprint density at radius 2 is 1.81 bits per heavy atom. The number of carboxylic acids is 1. The van der Waals surface area contributed by atoms with Crippen molar-refractivity contribution in [2.75, 3.05) is 5.75 Å². The van der Waals surface area contributed by atoms with E-state index < -0.39 is 12.1 Å². The molecule has 166 valence electrons. The molecule has 1 unspecified atom stereocenters. The van der Waals surface area contributed by atoms with Crippen LogP contribution in [0.3, 0.4) is 0 Å². The maximum Gasteiger partial charge on any atom is 0.490 e. The zero-order valence-electron chi connectivity index (χ0n) is 17.0. The number of H-pyrrole nitrogens is 1. The summed E-state index contributed by atoms with van der Waals surface area (Å²) in [6.45, 7) is 5.11. The summed E-state index contributed by atoms with van der Waals surface area (Å²) in [5.41, 5.74) is 4.39. The highest BCUT2D eigenvalue weighted by molar-refractivity contribution is 7.99. The van der Waals surface area contributed by atoms with Gasteiger partial charge in [-0.1, -0.05) is 19.1 Å². The van der Waals surface area contributed by atoms with Crippen molar-refractivity contribution in [3.63, 3.8) is 0 Å². The van der Waals surface area contributed by atoms with Gasteiger partial charge in [-0.05, 0) is 48.6 Å². The summed E-state index contributed by atoms with van der Waals surface area (Å²) in [4.78, 5) is 14.3. The van der Waals surface area contributed by atoms with E-state index in [0.717, 1.165) is 29.2 Å². The maximum atomic E-state index is 10.6. The Morgan fingerprint density at radius 3 is 2.35 bits per heavy atom. The molecule has 3 rings (SSSR count). The van der Waals surface area contributed by atoms with Crippen LogP contribution in [0, 0.1) is 0 Å². The number of nitrogens with one attached hydrogen (secondary N) is 2. The number of benzene rings is 1. The molecule has 0 bridgehead atoms. The van der Waals surface area contributed by atoms with E-state index in [1.165, 1.54) is 10.5 Å². The number of pyridine rings is 1. The van der Waals surface area contributed by atoms with Crippen LogP contribution in [0.25, 0.3) is 11.3 Å². The molecule has 31 heavy (non-hydrogen) atoms. The Hall–Kier alpha value is -2.85. The molecule has 6 nitrogen and oxygen atoms in total. The average molecular weight is 453 g/mol. The lowest BCUT2D eigenvalue weighted by atomic mass is 10.1. The van der Waals surface area contributed by atoms with Gasteiger partial charge >= 0.3 is 12.1 Å². The number of alkyl halides is 3. The Kier molecular flexibility index (Phi) is 9.07. The number of rotatable bonds is 7. The van der Waals surface area contributed by atoms with Gasteiger partial charge in [0.1, 0.15) is 0 Å². The molecule has 2 heterocycles. The quantitative estimate of drug-likeness (QED) is 0.434. The fourth-order valence-electron chi connectivity index (χ4n) is 2.52. The van der Waals surface area contributed by atoms with Crippen LogP contribution in [0.4, 0.5) is 13.2 Å². The van der Waals surface area contributed by atoms with Gasteiger partial charge in [-0.2, -0.15) is 18.3 Å². The Balaban J connectivity index is 0.000000423. The molecule has 3 N–H and O–H groups in total. The topological polar surface area (TPSA) is 90.9 Å². The van der Waals surface area contributed by atoms with Gasteiger partial charge in [0.25, 0.3) is 0 Å². The first kappa shape index (κ1) is 24.4. The molecule has 10 heteroatoms. The van der Waals surface area contributed by atoms with E-state index in [4.69, 9.17) is 9.90 Å². The molecule has 0 saturated heterocycles. The lowest BCUT2D eigenvalue weighted by Crippen LogP contribution is -2.21. The summed E-state index contributed by atoms with van der Waals surface area (Å²) in [5, 5.41) is 18.1. The first-order valence-electron chi connectivity index (χ1n) is 9.41. The van der Waals surface area contributed by atoms with Crippen LogP contribution in [-0.4, -0.2) is 38.2 Å². The molecule has 0 amide bonds. The molecule has 1 atom stereocenters. The molecule has 0 aliphatic heterocycles. The molecule has 0 radical (unpaired) electrons. The zero-order chi connectivity index (χ0) is 22.9. The van der Waals surface area contributed by atoms with Crippen LogP contribution < -0.4 is 5.32 Å². The lowest BCUT2D eigenvalue weighted by Gasteiger charge is -2.14. The van der Waals surface area contributed by atoms with Crippen molar-refractivity contribution in [2.24, 2.45) is 0 Å². The number of thioether (sulfide) groups is 1. The SMILES string of the molecule is CCSc1ccc(C(C)NCc2cc(-c3ccncc3)n[nH]2)cc1.O=C(O)C(F)(F)F. The van der Waals surface area contributed by atoms with Crippen LogP contribution in [0.2, 0.25) is 0 Å². The minimum Gasteiger partial charge on any atom is -0.475 e. The fraction of sp³-hybridized carbons (Fsp3) is 0.286. The molecule has 0 spiro atoms. The molecule has 0 aliphatic rings. The predicted octanol–water partition coefficient (Wildman–Crippen LogP) is 5.07. The molecular formula is C21H23F3N4O2S. The van der Waals surface area contributed by atoms with Gasteiger partial charge < -0.3 is 10.4 Å². The molecule has 0 aliphatic carbocycles. The van der Waals surface area contributed by atoms with Gasteiger partial charge in [-0.15, -0.1) is 11.8 Å². The molecule has 1 aromatic carbocycles. The second-order valence-electron chi connectivity index (χ2n) is 6.42. The molecule has 0 saturated carbocycles. The van der Waals surface area contributed by atoms with E-state index in [-0.39, 0.29) is 0 Å². The van der Waals surface area contributed by atoms with Crippen molar-refractivity contribution in [2.45, 2.75) is 37.5 Å². The third-order valence-electron chi connectivity index (χ3n) is 4.14. The normalized spacial score (nSPS) is 12.0. The summed E-state index contributed by atoms with van der Waals surface area (Å²) < 4.78 is 31.7. The third kappa shape index (κ3) is 8.06. The average Bonchev–Trinajstić information content (AvgIpc) is 3.22. The van der Waals surface area contributed by atoms with Gasteiger partial charge in [0.2, 0.25) is 0 Å². The lowest BCUT2D eigenvalue weighted by molar-refractivity contribution is -0.192. The zero-order valence-corrected chi connectivity index (χ0v) is 17.8. The van der Waals surface area contributed by atoms with E-state index in [9.17, 15) is 13.2 Å². The van der Waals surface area contributed by atoms with Crippen LogP contribution in [0.15, 0.2) is 59.8 Å². The number of nitrogens with zero attached hydrogens (tertiary/aromatic N) is 2. The number of halogens is 3. The first-order valence-corrected chi connectivity index (χ1v) is 10.4. The highest BCUT2D eigenvalue weighted by Crippen LogP contribution is 2.21. The number of aliphatic carboxylic acids is 1. The van der Waals surface area contributed by atoms with Gasteiger partial charge in [0.15, 0.2) is 0 Å². The van der Waals surface area contributed by atoms with E-state index in [1.54, 1.807) is 12.4 Å². The predicted molar refractivity (Wildman–Crippen MR) is 114 cm³/mol. The van der Waals surface area contributed by atoms with Crippen LogP contribution in [0.5, 0.6) is 0 Å². The number of hydrogen-bond acceptors (Lipinski definition) is 5. The minimum atomic E-state index is -5.08. The largest absolute Gasteiger partial charge is 0.490 e. The summed E-state index contributed by atoms with van der Waals surface area (Å²) in [7, 11) is 0. The minimum absolute atomic E-state index is 0.290. The van der Waals surface area contributed by atoms with Crippen molar-refractivity contribution in [1.82, 2.24) is 20.5 Å². The summed E-state index contributed by atoms with van der Waals surface area (Å²) >= 11 is 1.87. The van der Waals surface area contributed by atoms with Crippen molar-refractivity contribution < 1.29 is 23.1 Å². The van der Waals surface area contributed by atoms with Gasteiger partial charge in [-0.25, -0.2) is 4.79 Å². The number of hydrogen-bond donors (Lipinski definition) is 3. The number of carboxylic acid groups (broad SMARTS) is 1. The summed E-state index contributed by atoms with van der Waals surface area (Å²) in [6.07, 6.45) is -1.52. The number of carbonyl (C=O) groups is 1. The van der Waals surface area contributed by atoms with Crippen molar-refractivity contribution in [1.29, 1.82) is 0 Å². The molecular weight excluding hydrogens is 429 g/mol. The van der Waals surface area contributed by atoms with Gasteiger partial charge in [0.05, 0.1) is 5.69 Å². The summed E-state index contributed by atoms with van der Waals surface area (Å²) in [6, 6.07) is 15.1. The fourth-order valence-corrected chi connectivity index (χ4v) is 3.18. The van der Waals surface area contributed by atoms with Gasteiger partial charge in [-0.3, -0.25) is 10.1 Å². The second kappa shape index (κ2) is 11.5. The molecule has 0 fully saturated rings. The van der Waals surface area contributed by atoms with Crippen molar-refractivity contribution >= 4 is 17.7 Å². The smallest absolute Gasteiger partial charge is 0.475 e. The van der Waals surface area contributed by atoms with Crippen LogP contribution in [-0.2, 0) is 11.3 Å². The van der Waals surface area contributed by atoms with Crippen LogP contribution >= 0.6 is 11.8 Å². The monoisotopic (exact) mass is 452 g/mol. The van der Waals surface area contributed by atoms with Crippen molar-refractivity contribution in [3.05, 3.63) is 66.1 Å². The van der Waals surface area contributed by atoms with E-state index in [2.05, 4.69) is 64.7 Å². The van der Waals surface area contributed by atoms with E-state index in [0.29, 0.717) is 6.04 Å². The van der Waals surface area contributed by atoms with Crippen LogP contribution in [0.1, 0.15) is 31.1 Å². The third-order valence-corrected chi connectivity index (χ3v) is 5.03. The summed E-state index contributed by atoms with van der Waals surface area (Å²) in [5.74, 6) is -1.65. The van der Waals surface area contributed by atoms with E-state index in [1.807, 2.05) is 23.9 Å². The van der Waals surface area contributed by atoms with E-state index >= 15 is 0 Å². The van der Waals surface area contributed by atoms with Crippen molar-refractivity contribution in [3.8, 4) is 11.3 Å². The molecule has 3 aromatic rings. The standard InChI is InChI=1S/C19H22N4S.C2HF3O2/c1-3-24-18-6-4-15(5-7-18)14(2)21-13-17-12-19(23-22-17)16-8-10-20-11-9-16;3-2(4,5)1(6)7/h4-12,14,21H,3,13H2,1-2H3,(H,22,23);(H,6,7). The highest BCUT2D eigenvalue weighted by atomic mass is 32.2. The Bertz CT molecular complexity index is 947. The number of aromatic nitrogens is 3. The Morgan fingerprint density at radius 1 is 1.19 bits per heavy atom. The number of aromatic amines is 1. The Labute approximate surface area is 182 Å². The highest BCUT2D eigenvalue weighted by Gasteiger charge is 2.38. The second-order valence-corrected chi connectivity index (χ2v) is 7.76. The molecule has 2 aromatic heterocycles. The first-order chi connectivity index (χ1) is 14.7. The van der Waals surface area contributed by atoms with Gasteiger partial charge in [0, 0.05) is 41.1 Å².